The normalized spacial score (nSPS) is 14.9. The summed E-state index contributed by atoms with van der Waals surface area (Å²) in [4.78, 5) is 64.0. The number of imide groups is 2. The maximum atomic E-state index is 12.3. The third-order valence-electron chi connectivity index (χ3n) is 6.37. The maximum absolute atomic E-state index is 12.3. The molecule has 0 fully saturated rings. The molecule has 0 aromatic heterocycles. The molecule has 0 radical (unpaired) electrons. The smallest absolute Gasteiger partial charge is 0.261 e. The Morgan fingerprint density at radius 2 is 1.03 bits per heavy atom. The molecular weight excluding hydrogens is 444 g/mol. The third-order valence-corrected chi connectivity index (χ3v) is 6.37. The van der Waals surface area contributed by atoms with Crippen molar-refractivity contribution in [2.75, 3.05) is 13.1 Å². The van der Waals surface area contributed by atoms with Crippen molar-refractivity contribution < 1.29 is 24.0 Å². The largest absolute Gasteiger partial charge is 0.295 e. The zero-order chi connectivity index (χ0) is 24.8. The summed E-state index contributed by atoms with van der Waals surface area (Å²) in [6.07, 6.45) is 8.14. The van der Waals surface area contributed by atoms with Gasteiger partial charge in [0.25, 0.3) is 23.6 Å². The van der Waals surface area contributed by atoms with Crippen LogP contribution in [0.15, 0.2) is 60.7 Å². The fourth-order valence-electron chi connectivity index (χ4n) is 4.46. The van der Waals surface area contributed by atoms with Gasteiger partial charge in [-0.25, -0.2) is 0 Å². The lowest BCUT2D eigenvalue weighted by Crippen LogP contribution is -2.30. The molecule has 4 rings (SSSR count). The number of carbonyl (C=O) groups is 5. The summed E-state index contributed by atoms with van der Waals surface area (Å²) in [6.45, 7) is 0.741. The van der Waals surface area contributed by atoms with Crippen molar-refractivity contribution in [2.45, 2.75) is 44.9 Å². The van der Waals surface area contributed by atoms with Crippen LogP contribution in [0.2, 0.25) is 0 Å². The highest BCUT2D eigenvalue weighted by Crippen LogP contribution is 2.24. The Kier molecular flexibility index (Phi) is 7.65. The van der Waals surface area contributed by atoms with Crippen molar-refractivity contribution in [2.24, 2.45) is 0 Å². The van der Waals surface area contributed by atoms with Crippen molar-refractivity contribution >= 4 is 29.4 Å². The molecule has 0 spiro atoms. The number of amides is 4. The number of ketones is 1. The van der Waals surface area contributed by atoms with E-state index >= 15 is 0 Å². The van der Waals surface area contributed by atoms with E-state index in [2.05, 4.69) is 0 Å². The third kappa shape index (κ3) is 5.29. The van der Waals surface area contributed by atoms with Crippen LogP contribution >= 0.6 is 0 Å². The fraction of sp³-hybridized carbons (Fsp3) is 0.321. The van der Waals surface area contributed by atoms with Gasteiger partial charge in [0.05, 0.1) is 22.3 Å². The first-order valence-electron chi connectivity index (χ1n) is 12.1. The summed E-state index contributed by atoms with van der Waals surface area (Å²) in [5, 5.41) is 0. The van der Waals surface area contributed by atoms with Gasteiger partial charge in [0, 0.05) is 19.5 Å². The van der Waals surface area contributed by atoms with Gasteiger partial charge in [0.15, 0.2) is 5.78 Å². The Morgan fingerprint density at radius 3 is 1.49 bits per heavy atom. The second-order valence-corrected chi connectivity index (χ2v) is 8.79. The van der Waals surface area contributed by atoms with Crippen LogP contribution in [0, 0.1) is 0 Å². The summed E-state index contributed by atoms with van der Waals surface area (Å²) in [5.41, 5.74) is 1.85. The Hall–Kier alpha value is -3.87. The first-order valence-corrected chi connectivity index (χ1v) is 12.1. The van der Waals surface area contributed by atoms with Gasteiger partial charge >= 0.3 is 0 Å². The number of nitrogens with zero attached hydrogens (tertiary/aromatic N) is 2. The standard InChI is InChI=1S/C28H28N2O5/c31-20(13-5-3-11-19-30-27(34)23-16-8-9-17-24(23)28(30)35)12-4-1-2-10-18-29-25(32)21-14-6-7-15-22(21)26(29)33/h4,6-9,12,14-17H,1-3,5,10-11,13,18-19H2/b12-4+. The topological polar surface area (TPSA) is 91.8 Å². The number of benzene rings is 2. The second kappa shape index (κ2) is 11.0. The number of fused-ring (bicyclic) bond motifs is 2. The van der Waals surface area contributed by atoms with Gasteiger partial charge in [0.1, 0.15) is 0 Å². The summed E-state index contributed by atoms with van der Waals surface area (Å²) < 4.78 is 0. The molecule has 4 amide bonds. The first kappa shape index (κ1) is 24.3. The van der Waals surface area contributed by atoms with Crippen LogP contribution in [-0.2, 0) is 4.79 Å². The van der Waals surface area contributed by atoms with Crippen molar-refractivity contribution in [3.8, 4) is 0 Å². The molecule has 2 aliphatic heterocycles. The number of hydrogen-bond acceptors (Lipinski definition) is 5. The van der Waals surface area contributed by atoms with Crippen LogP contribution in [-0.4, -0.2) is 52.3 Å². The molecule has 35 heavy (non-hydrogen) atoms. The van der Waals surface area contributed by atoms with Crippen LogP contribution < -0.4 is 0 Å². The molecule has 7 nitrogen and oxygen atoms in total. The van der Waals surface area contributed by atoms with E-state index < -0.39 is 0 Å². The average Bonchev–Trinajstić information content (AvgIpc) is 3.26. The van der Waals surface area contributed by atoms with Gasteiger partial charge in [-0.2, -0.15) is 0 Å². The molecule has 2 aromatic carbocycles. The number of rotatable bonds is 12. The molecular formula is C28H28N2O5. The van der Waals surface area contributed by atoms with E-state index in [9.17, 15) is 24.0 Å². The van der Waals surface area contributed by atoms with Crippen LogP contribution in [0.4, 0.5) is 0 Å². The molecule has 0 aliphatic carbocycles. The highest BCUT2D eigenvalue weighted by atomic mass is 16.2. The number of carbonyl (C=O) groups excluding carboxylic acids is 5. The van der Waals surface area contributed by atoms with Gasteiger partial charge in [0.2, 0.25) is 0 Å². The Bertz CT molecular complexity index is 1130. The van der Waals surface area contributed by atoms with Crippen molar-refractivity contribution in [3.05, 3.63) is 82.9 Å². The Labute approximate surface area is 204 Å². The summed E-state index contributed by atoms with van der Waals surface area (Å²) in [5.74, 6) is -0.912. The van der Waals surface area contributed by atoms with E-state index in [0.717, 1.165) is 12.8 Å². The van der Waals surface area contributed by atoms with E-state index in [4.69, 9.17) is 0 Å². The molecule has 0 N–H and O–H groups in total. The van der Waals surface area contributed by atoms with Gasteiger partial charge in [-0.1, -0.05) is 36.8 Å². The van der Waals surface area contributed by atoms with Crippen LogP contribution in [0.1, 0.15) is 86.4 Å². The SMILES string of the molecule is O=C(/C=C/CCCCN1C(=O)c2ccccc2C1=O)CCCCCN1C(=O)c2ccccc2C1=O. The van der Waals surface area contributed by atoms with Crippen LogP contribution in [0.3, 0.4) is 0 Å². The second-order valence-electron chi connectivity index (χ2n) is 8.79. The van der Waals surface area contributed by atoms with E-state index in [0.29, 0.717) is 67.4 Å². The lowest BCUT2D eigenvalue weighted by atomic mass is 10.1. The van der Waals surface area contributed by atoms with Gasteiger partial charge in [-0.3, -0.25) is 33.8 Å². The molecule has 0 atom stereocenters. The molecule has 0 saturated heterocycles. The minimum atomic E-state index is -0.243. The fourth-order valence-corrected chi connectivity index (χ4v) is 4.46. The molecule has 180 valence electrons. The molecule has 2 aromatic rings. The van der Waals surface area contributed by atoms with Gasteiger partial charge in [-0.05, 0) is 62.4 Å². The monoisotopic (exact) mass is 472 g/mol. The zero-order valence-corrected chi connectivity index (χ0v) is 19.6. The van der Waals surface area contributed by atoms with Crippen molar-refractivity contribution in [1.82, 2.24) is 9.80 Å². The number of allylic oxidation sites excluding steroid dienone is 2. The van der Waals surface area contributed by atoms with E-state index in [1.54, 1.807) is 54.6 Å². The zero-order valence-electron chi connectivity index (χ0n) is 19.6. The molecule has 0 bridgehead atoms. The predicted octanol–water partition coefficient (Wildman–Crippen LogP) is 4.43. The lowest BCUT2D eigenvalue weighted by Gasteiger charge is -2.13. The highest BCUT2D eigenvalue weighted by molar-refractivity contribution is 6.22. The highest BCUT2D eigenvalue weighted by Gasteiger charge is 2.35. The quantitative estimate of drug-likeness (QED) is 0.259. The van der Waals surface area contributed by atoms with E-state index in [1.807, 2.05) is 6.08 Å². The maximum Gasteiger partial charge on any atom is 0.261 e. The minimum absolute atomic E-state index is 0.0473. The summed E-state index contributed by atoms with van der Waals surface area (Å²) in [7, 11) is 0. The van der Waals surface area contributed by atoms with E-state index in [-0.39, 0.29) is 29.4 Å². The molecule has 0 saturated carbocycles. The van der Waals surface area contributed by atoms with Crippen LogP contribution in [0.5, 0.6) is 0 Å². The van der Waals surface area contributed by atoms with Crippen molar-refractivity contribution in [1.29, 1.82) is 0 Å². The molecule has 2 heterocycles. The predicted molar refractivity (Wildman–Crippen MR) is 130 cm³/mol. The molecule has 2 aliphatic rings. The number of unbranched alkanes of at least 4 members (excludes halogenated alkanes) is 4. The van der Waals surface area contributed by atoms with Crippen LogP contribution in [0.25, 0.3) is 0 Å². The average molecular weight is 473 g/mol. The van der Waals surface area contributed by atoms with E-state index in [1.165, 1.54) is 9.80 Å². The first-order chi connectivity index (χ1) is 17.0. The molecule has 0 unspecified atom stereocenters. The summed E-state index contributed by atoms with van der Waals surface area (Å²) >= 11 is 0. The lowest BCUT2D eigenvalue weighted by molar-refractivity contribution is -0.114. The summed E-state index contributed by atoms with van der Waals surface area (Å²) in [6, 6.07) is 13.7. The van der Waals surface area contributed by atoms with Gasteiger partial charge < -0.3 is 0 Å². The van der Waals surface area contributed by atoms with Crippen molar-refractivity contribution in [3.63, 3.8) is 0 Å². The number of hydrogen-bond donors (Lipinski definition) is 0. The Morgan fingerprint density at radius 1 is 0.600 bits per heavy atom. The van der Waals surface area contributed by atoms with Gasteiger partial charge in [-0.15, -0.1) is 0 Å². The Balaban J connectivity index is 1.07. The minimum Gasteiger partial charge on any atom is -0.295 e. The molecule has 7 heteroatoms.